The second-order valence-electron chi connectivity index (χ2n) is 7.19. The molecule has 0 radical (unpaired) electrons. The van der Waals surface area contributed by atoms with Gasteiger partial charge in [0.2, 0.25) is 0 Å². The van der Waals surface area contributed by atoms with Gasteiger partial charge in [0, 0.05) is 24.3 Å². The van der Waals surface area contributed by atoms with E-state index in [1.807, 2.05) is 0 Å². The predicted molar refractivity (Wildman–Crippen MR) is 84.2 cm³/mol. The fourth-order valence-electron chi connectivity index (χ4n) is 4.31. The van der Waals surface area contributed by atoms with Gasteiger partial charge in [-0.1, -0.05) is 25.7 Å². The molecule has 0 aromatic heterocycles. The number of carbonyl (C=O) groups is 4. The normalized spacial score (nSPS) is 32.8. The van der Waals surface area contributed by atoms with Crippen molar-refractivity contribution in [1.82, 2.24) is 9.80 Å². The maximum Gasteiger partial charge on any atom is 0.253 e. The van der Waals surface area contributed by atoms with Gasteiger partial charge < -0.3 is 0 Å². The summed E-state index contributed by atoms with van der Waals surface area (Å²) < 4.78 is 0. The largest absolute Gasteiger partial charge is 0.270 e. The minimum Gasteiger partial charge on any atom is -0.270 e. The lowest BCUT2D eigenvalue weighted by atomic mass is 9.68. The molecule has 4 amide bonds. The summed E-state index contributed by atoms with van der Waals surface area (Å²) in [6.07, 6.45) is 11.6. The van der Waals surface area contributed by atoms with Crippen LogP contribution in [0.1, 0.15) is 38.5 Å². The van der Waals surface area contributed by atoms with Gasteiger partial charge in [-0.3, -0.25) is 29.0 Å². The van der Waals surface area contributed by atoms with Crippen molar-refractivity contribution >= 4 is 23.6 Å². The van der Waals surface area contributed by atoms with E-state index in [9.17, 15) is 19.2 Å². The van der Waals surface area contributed by atoms with E-state index in [1.165, 1.54) is 53.4 Å². The van der Waals surface area contributed by atoms with Crippen molar-refractivity contribution in [2.45, 2.75) is 50.6 Å². The molecule has 2 fully saturated rings. The monoisotopic (exact) mass is 328 g/mol. The molecule has 0 aromatic carbocycles. The first-order valence-corrected chi connectivity index (χ1v) is 8.66. The Bertz CT molecular complexity index is 641. The van der Waals surface area contributed by atoms with Crippen molar-refractivity contribution in [2.24, 2.45) is 11.8 Å². The average Bonchev–Trinajstić information content (AvgIpc) is 2.97. The van der Waals surface area contributed by atoms with Crippen LogP contribution >= 0.6 is 0 Å². The van der Waals surface area contributed by atoms with Gasteiger partial charge in [-0.2, -0.15) is 0 Å². The summed E-state index contributed by atoms with van der Waals surface area (Å²) in [6, 6.07) is -0.771. The van der Waals surface area contributed by atoms with Crippen molar-refractivity contribution < 1.29 is 19.2 Å². The van der Waals surface area contributed by atoms with Crippen LogP contribution in [0.4, 0.5) is 0 Å². The molecular formula is C18H20N2O4. The molecule has 6 heteroatoms. The Hall–Kier alpha value is -2.24. The topological polar surface area (TPSA) is 74.8 Å². The smallest absolute Gasteiger partial charge is 0.253 e. The average molecular weight is 328 g/mol. The second kappa shape index (κ2) is 5.69. The Kier molecular flexibility index (Phi) is 3.62. The van der Waals surface area contributed by atoms with Gasteiger partial charge >= 0.3 is 0 Å². The first-order chi connectivity index (χ1) is 11.6. The summed E-state index contributed by atoms with van der Waals surface area (Å²) in [7, 11) is 0. The Balaban J connectivity index is 1.51. The van der Waals surface area contributed by atoms with Crippen LogP contribution in [0.3, 0.4) is 0 Å². The maximum absolute atomic E-state index is 12.1. The highest BCUT2D eigenvalue weighted by Crippen LogP contribution is 2.43. The minimum atomic E-state index is -0.390. The number of amides is 4. The quantitative estimate of drug-likeness (QED) is 0.710. The summed E-state index contributed by atoms with van der Waals surface area (Å²) >= 11 is 0. The molecule has 3 unspecified atom stereocenters. The van der Waals surface area contributed by atoms with E-state index in [0.29, 0.717) is 6.42 Å². The molecule has 0 bridgehead atoms. The number of nitrogens with zero attached hydrogens (tertiary/aromatic N) is 2. The van der Waals surface area contributed by atoms with Gasteiger partial charge in [-0.05, 0) is 24.7 Å². The van der Waals surface area contributed by atoms with E-state index in [2.05, 4.69) is 0 Å². The van der Waals surface area contributed by atoms with Crippen LogP contribution in [0, 0.1) is 11.8 Å². The molecule has 2 saturated carbocycles. The first kappa shape index (κ1) is 15.3. The highest BCUT2D eigenvalue weighted by Gasteiger charge is 2.53. The zero-order valence-electron chi connectivity index (χ0n) is 13.4. The maximum atomic E-state index is 12.1. The highest BCUT2D eigenvalue weighted by molar-refractivity contribution is 6.15. The molecule has 2 aliphatic carbocycles. The molecule has 4 rings (SSSR count). The van der Waals surface area contributed by atoms with E-state index in [4.69, 9.17) is 0 Å². The van der Waals surface area contributed by atoms with E-state index in [1.54, 1.807) is 0 Å². The SMILES string of the molecule is O=C1C=CC(=O)N1C1CC(CCC2CCC2)C1N1C(=O)C=CC1=O. The molecule has 0 saturated heterocycles. The lowest BCUT2D eigenvalue weighted by Crippen LogP contribution is -2.65. The van der Waals surface area contributed by atoms with E-state index < -0.39 is 0 Å². The third-order valence-electron chi connectivity index (χ3n) is 5.91. The lowest BCUT2D eigenvalue weighted by Gasteiger charge is -2.51. The first-order valence-electron chi connectivity index (χ1n) is 8.66. The van der Waals surface area contributed by atoms with Crippen LogP contribution in [0.25, 0.3) is 0 Å². The molecule has 2 aliphatic heterocycles. The minimum absolute atomic E-state index is 0.171. The third kappa shape index (κ3) is 2.32. The number of hydrogen-bond donors (Lipinski definition) is 0. The van der Waals surface area contributed by atoms with Gasteiger partial charge in [0.15, 0.2) is 0 Å². The van der Waals surface area contributed by atoms with Gasteiger partial charge in [-0.25, -0.2) is 0 Å². The number of imide groups is 2. The third-order valence-corrected chi connectivity index (χ3v) is 5.91. The van der Waals surface area contributed by atoms with Gasteiger partial charge in [0.25, 0.3) is 23.6 Å². The van der Waals surface area contributed by atoms with Crippen LogP contribution in [0.5, 0.6) is 0 Å². The standard InChI is InChI=1S/C18H20N2O4/c21-14-6-7-15(22)19(14)13-10-12(5-4-11-2-1-3-11)18(13)20-16(23)8-9-17(20)24/h6-9,11-13,18H,1-5,10H2. The lowest BCUT2D eigenvalue weighted by molar-refractivity contribution is -0.158. The summed E-state index contributed by atoms with van der Waals surface area (Å²) in [5.41, 5.74) is 0. The number of carbonyl (C=O) groups excluding carboxylic acids is 4. The van der Waals surface area contributed by atoms with Crippen molar-refractivity contribution in [3.8, 4) is 0 Å². The fourth-order valence-corrected chi connectivity index (χ4v) is 4.31. The highest BCUT2D eigenvalue weighted by atomic mass is 16.2. The van der Waals surface area contributed by atoms with Crippen LogP contribution in [-0.4, -0.2) is 45.5 Å². The Morgan fingerprint density at radius 1 is 0.792 bits per heavy atom. The van der Waals surface area contributed by atoms with E-state index in [0.717, 1.165) is 18.8 Å². The molecule has 0 spiro atoms. The number of rotatable bonds is 5. The molecule has 4 aliphatic rings. The summed E-state index contributed by atoms with van der Waals surface area (Å²) in [6.45, 7) is 0. The molecule has 2 heterocycles. The van der Waals surface area contributed by atoms with Gasteiger partial charge in [0.05, 0.1) is 12.1 Å². The van der Waals surface area contributed by atoms with E-state index in [-0.39, 0.29) is 41.6 Å². The second-order valence-corrected chi connectivity index (χ2v) is 7.19. The Morgan fingerprint density at radius 3 is 1.83 bits per heavy atom. The molecule has 3 atom stereocenters. The van der Waals surface area contributed by atoms with Crippen molar-refractivity contribution in [2.75, 3.05) is 0 Å². The summed E-state index contributed by atoms with van der Waals surface area (Å²) in [5, 5.41) is 0. The van der Waals surface area contributed by atoms with Crippen LogP contribution < -0.4 is 0 Å². The van der Waals surface area contributed by atoms with Crippen molar-refractivity contribution in [1.29, 1.82) is 0 Å². The molecule has 24 heavy (non-hydrogen) atoms. The molecule has 6 nitrogen and oxygen atoms in total. The van der Waals surface area contributed by atoms with Gasteiger partial charge in [-0.15, -0.1) is 0 Å². The molecule has 0 N–H and O–H groups in total. The zero-order valence-corrected chi connectivity index (χ0v) is 13.4. The van der Waals surface area contributed by atoms with E-state index >= 15 is 0 Å². The van der Waals surface area contributed by atoms with Crippen LogP contribution in [0.2, 0.25) is 0 Å². The molecule has 126 valence electrons. The van der Waals surface area contributed by atoms with Gasteiger partial charge in [0.1, 0.15) is 0 Å². The van der Waals surface area contributed by atoms with Crippen LogP contribution in [-0.2, 0) is 19.2 Å². The molecule has 0 aromatic rings. The summed E-state index contributed by atoms with van der Waals surface area (Å²) in [4.78, 5) is 50.6. The Labute approximate surface area is 140 Å². The fraction of sp³-hybridized carbons (Fsp3) is 0.556. The summed E-state index contributed by atoms with van der Waals surface area (Å²) in [5.74, 6) is -0.445. The zero-order chi connectivity index (χ0) is 16.8. The molecular weight excluding hydrogens is 308 g/mol. The Morgan fingerprint density at radius 2 is 1.33 bits per heavy atom. The predicted octanol–water partition coefficient (Wildman–Crippen LogP) is 1.17. The number of hydrogen-bond acceptors (Lipinski definition) is 4. The van der Waals surface area contributed by atoms with Crippen LogP contribution in [0.15, 0.2) is 24.3 Å². The van der Waals surface area contributed by atoms with Crippen molar-refractivity contribution in [3.63, 3.8) is 0 Å². The van der Waals surface area contributed by atoms with Crippen molar-refractivity contribution in [3.05, 3.63) is 24.3 Å².